The van der Waals surface area contributed by atoms with E-state index in [1.165, 1.54) is 6.92 Å². The van der Waals surface area contributed by atoms with Crippen LogP contribution in [-0.4, -0.2) is 42.0 Å². The van der Waals surface area contributed by atoms with Gasteiger partial charge in [0.1, 0.15) is 0 Å². The Morgan fingerprint density at radius 1 is 1.11 bits per heavy atom. The SMILES string of the molecule is CC(=O)[C@H](Cc1ccc(C)cc1)NC(=O)[C@H](Cc1ccncc1)N=CB=O. The predicted molar refractivity (Wildman–Crippen MR) is 104 cm³/mol. The van der Waals surface area contributed by atoms with Crippen LogP contribution >= 0.6 is 0 Å². The van der Waals surface area contributed by atoms with E-state index in [-0.39, 0.29) is 5.78 Å². The van der Waals surface area contributed by atoms with E-state index in [1.807, 2.05) is 31.2 Å². The molecule has 0 spiro atoms. The van der Waals surface area contributed by atoms with Crippen LogP contribution in [0.1, 0.15) is 23.6 Å². The first-order valence-electron chi connectivity index (χ1n) is 8.72. The van der Waals surface area contributed by atoms with Crippen LogP contribution in [0.5, 0.6) is 0 Å². The van der Waals surface area contributed by atoms with Gasteiger partial charge in [0.2, 0.25) is 0 Å². The van der Waals surface area contributed by atoms with Crippen molar-refractivity contribution in [2.75, 3.05) is 0 Å². The molecule has 1 N–H and O–H groups in total. The van der Waals surface area contributed by atoms with E-state index in [2.05, 4.69) is 15.3 Å². The number of ketones is 1. The maximum absolute atomic E-state index is 12.7. The maximum atomic E-state index is 12.7. The normalized spacial score (nSPS) is 13.0. The van der Waals surface area contributed by atoms with Gasteiger partial charge in [-0.2, -0.15) is 0 Å². The van der Waals surface area contributed by atoms with Crippen molar-refractivity contribution in [2.45, 2.75) is 38.8 Å². The van der Waals surface area contributed by atoms with Gasteiger partial charge in [0.05, 0.1) is 0 Å². The molecule has 0 aliphatic heterocycles. The van der Waals surface area contributed by atoms with Crippen molar-refractivity contribution in [3.05, 3.63) is 65.5 Å². The number of hydrogen-bond donors (Lipinski definition) is 1. The second kappa shape index (κ2) is 10.3. The van der Waals surface area contributed by atoms with Gasteiger partial charge in [0.15, 0.2) is 0 Å². The zero-order valence-corrected chi connectivity index (χ0v) is 15.5. The number of nitrogens with one attached hydrogen (secondary N) is 1. The molecule has 0 radical (unpaired) electrons. The first-order chi connectivity index (χ1) is 13.0. The third kappa shape index (κ3) is 6.69. The number of carbonyl (C=O) groups is 2. The molecule has 2 aromatic rings. The molecule has 1 heterocycles. The summed E-state index contributed by atoms with van der Waals surface area (Å²) in [5, 5.41) is 2.78. The van der Waals surface area contributed by atoms with Gasteiger partial charge < -0.3 is 0 Å². The van der Waals surface area contributed by atoms with Crippen molar-refractivity contribution in [1.29, 1.82) is 0 Å². The van der Waals surface area contributed by atoms with Crippen LogP contribution in [0.2, 0.25) is 0 Å². The molecule has 2 atom stereocenters. The molecule has 0 unspecified atom stereocenters. The minimum atomic E-state index is -0.794. The van der Waals surface area contributed by atoms with Gasteiger partial charge in [0.25, 0.3) is 0 Å². The second-order valence-electron chi connectivity index (χ2n) is 6.37. The molecule has 6 nitrogen and oxygen atoms in total. The summed E-state index contributed by atoms with van der Waals surface area (Å²) in [6.45, 7) is 3.44. The Balaban J connectivity index is 2.11. The zero-order chi connectivity index (χ0) is 19.6. The van der Waals surface area contributed by atoms with Gasteiger partial charge in [-0.25, -0.2) is 0 Å². The minimum absolute atomic E-state index is 0.133. The van der Waals surface area contributed by atoms with Gasteiger partial charge in [-0.1, -0.05) is 0 Å². The van der Waals surface area contributed by atoms with E-state index in [0.717, 1.165) is 22.8 Å². The monoisotopic (exact) mass is 363 g/mol. The van der Waals surface area contributed by atoms with E-state index >= 15 is 0 Å². The molecule has 27 heavy (non-hydrogen) atoms. The van der Waals surface area contributed by atoms with Crippen molar-refractivity contribution in [1.82, 2.24) is 10.3 Å². The molecule has 1 aromatic carbocycles. The number of nitrogens with zero attached hydrogens (tertiary/aromatic N) is 2. The first kappa shape index (κ1) is 20.4. The van der Waals surface area contributed by atoms with Crippen LogP contribution in [0.25, 0.3) is 0 Å². The summed E-state index contributed by atoms with van der Waals surface area (Å²) in [7, 11) is 0.529. The molecule has 138 valence electrons. The number of amides is 1. The quantitative estimate of drug-likeness (QED) is 0.543. The number of aromatic nitrogens is 1. The average molecular weight is 363 g/mol. The first-order valence-corrected chi connectivity index (χ1v) is 8.72. The molecule has 0 fully saturated rings. The summed E-state index contributed by atoms with van der Waals surface area (Å²) in [6.07, 6.45) is 5.04. The number of rotatable bonds is 9. The van der Waals surface area contributed by atoms with Crippen LogP contribution in [-0.2, 0) is 27.1 Å². The Labute approximate surface area is 159 Å². The Morgan fingerprint density at radius 2 is 1.74 bits per heavy atom. The van der Waals surface area contributed by atoms with Crippen LogP contribution < -0.4 is 5.32 Å². The Kier molecular flexibility index (Phi) is 7.73. The Hall–Kier alpha value is -2.96. The summed E-state index contributed by atoms with van der Waals surface area (Å²) in [6, 6.07) is 9.94. The molecule has 0 aliphatic carbocycles. The van der Waals surface area contributed by atoms with Crippen LogP contribution in [0.4, 0.5) is 0 Å². The summed E-state index contributed by atoms with van der Waals surface area (Å²) in [4.78, 5) is 32.7. The van der Waals surface area contributed by atoms with Gasteiger partial charge in [0, 0.05) is 0 Å². The second-order valence-corrected chi connectivity index (χ2v) is 6.37. The van der Waals surface area contributed by atoms with Gasteiger partial charge >= 0.3 is 159 Å². The van der Waals surface area contributed by atoms with E-state index in [1.54, 1.807) is 24.5 Å². The van der Waals surface area contributed by atoms with Gasteiger partial charge in [-0.05, 0) is 0 Å². The van der Waals surface area contributed by atoms with Crippen molar-refractivity contribution in [2.24, 2.45) is 4.99 Å². The number of pyridine rings is 1. The molecule has 0 bridgehead atoms. The fourth-order valence-corrected chi connectivity index (χ4v) is 2.62. The zero-order valence-electron chi connectivity index (χ0n) is 15.5. The molecule has 1 amide bonds. The average Bonchev–Trinajstić information content (AvgIpc) is 2.66. The van der Waals surface area contributed by atoms with Crippen molar-refractivity contribution in [3.63, 3.8) is 0 Å². The van der Waals surface area contributed by atoms with E-state index in [0.29, 0.717) is 20.0 Å². The van der Waals surface area contributed by atoms with E-state index < -0.39 is 18.0 Å². The summed E-state index contributed by atoms with van der Waals surface area (Å²) in [5.41, 5.74) is 2.96. The number of Topliss-reactive ketones (excluding diaryl/α,β-unsaturated/α-hetero) is 1. The van der Waals surface area contributed by atoms with Crippen LogP contribution in [0, 0.1) is 6.92 Å². The van der Waals surface area contributed by atoms with E-state index in [4.69, 9.17) is 0 Å². The Bertz CT molecular complexity index is 807. The fraction of sp³-hybridized carbons (Fsp3) is 0.300. The van der Waals surface area contributed by atoms with Gasteiger partial charge in [-0.3, -0.25) is 0 Å². The molecule has 0 aliphatic rings. The predicted octanol–water partition coefficient (Wildman–Crippen LogP) is 1.70. The standard InChI is InChI=1S/C20H22BN3O3/c1-14-3-5-16(6-4-14)11-18(15(2)25)24-20(26)19(23-13-21-27)12-17-7-9-22-10-8-17/h3-10,13,18-19H,11-12H2,1-2H3,(H,24,26)/t18-,19-/m0/s1. The number of carbonyl (C=O) groups excluding carboxylic acids is 2. The third-order valence-electron chi connectivity index (χ3n) is 4.18. The van der Waals surface area contributed by atoms with Crippen LogP contribution in [0.3, 0.4) is 0 Å². The number of hydrogen-bond acceptors (Lipinski definition) is 5. The molecular formula is C20H22BN3O3. The van der Waals surface area contributed by atoms with Gasteiger partial charge in [-0.15, -0.1) is 0 Å². The fourth-order valence-electron chi connectivity index (χ4n) is 2.62. The topological polar surface area (TPSA) is 88.5 Å². The van der Waals surface area contributed by atoms with Crippen molar-refractivity contribution >= 4 is 25.0 Å². The van der Waals surface area contributed by atoms with Crippen LogP contribution in [0.15, 0.2) is 53.8 Å². The van der Waals surface area contributed by atoms with Crippen molar-refractivity contribution < 1.29 is 14.3 Å². The van der Waals surface area contributed by atoms with E-state index in [9.17, 15) is 14.3 Å². The summed E-state index contributed by atoms with van der Waals surface area (Å²) >= 11 is 0. The Morgan fingerprint density at radius 3 is 2.33 bits per heavy atom. The molecular weight excluding hydrogens is 341 g/mol. The van der Waals surface area contributed by atoms with Crippen molar-refractivity contribution in [3.8, 4) is 0 Å². The summed E-state index contributed by atoms with van der Waals surface area (Å²) in [5.74, 6) is -0.525. The molecule has 0 saturated carbocycles. The molecule has 7 heteroatoms. The number of aryl methyl sites for hydroxylation is 1. The molecule has 2 rings (SSSR count). The number of aliphatic imine (C=N–C) groups is 1. The number of benzene rings is 1. The third-order valence-corrected chi connectivity index (χ3v) is 4.18. The molecule has 0 saturated heterocycles. The molecule has 1 aromatic heterocycles. The summed E-state index contributed by atoms with van der Waals surface area (Å²) < 4.78 is 10.6.